The molecule has 6 heteroatoms. The molecule has 0 spiro atoms. The van der Waals surface area contributed by atoms with Gasteiger partial charge in [-0.05, 0) is 63.1 Å². The Bertz CT molecular complexity index is 721. The summed E-state index contributed by atoms with van der Waals surface area (Å²) in [6.07, 6.45) is 6.62. The number of hydrogen-bond acceptors (Lipinski definition) is 4. The van der Waals surface area contributed by atoms with Gasteiger partial charge in [-0.1, -0.05) is 6.07 Å². The summed E-state index contributed by atoms with van der Waals surface area (Å²) in [6, 6.07) is 10.2. The maximum atomic E-state index is 12.6. The van der Waals surface area contributed by atoms with Crippen LogP contribution in [0.2, 0.25) is 0 Å². The summed E-state index contributed by atoms with van der Waals surface area (Å²) in [4.78, 5) is 25.4. The zero-order valence-electron chi connectivity index (χ0n) is 15.6. The van der Waals surface area contributed by atoms with Gasteiger partial charge in [0.25, 0.3) is 0 Å². The second-order valence-corrected chi connectivity index (χ2v) is 6.96. The molecule has 1 fully saturated rings. The van der Waals surface area contributed by atoms with Gasteiger partial charge < -0.3 is 4.90 Å². The predicted octanol–water partition coefficient (Wildman–Crippen LogP) is 3.30. The van der Waals surface area contributed by atoms with E-state index in [0.717, 1.165) is 50.2 Å². The van der Waals surface area contributed by atoms with Crippen molar-refractivity contribution in [1.82, 2.24) is 19.8 Å². The molecule has 0 aromatic carbocycles. The van der Waals surface area contributed by atoms with Crippen molar-refractivity contribution in [2.75, 3.05) is 25.5 Å². The van der Waals surface area contributed by atoms with Crippen LogP contribution in [0.5, 0.6) is 0 Å². The topological polar surface area (TPSA) is 61.4 Å². The molecule has 1 N–H and O–H groups in total. The largest absolute Gasteiger partial charge is 0.324 e. The average molecular weight is 353 g/mol. The second-order valence-electron chi connectivity index (χ2n) is 6.96. The summed E-state index contributed by atoms with van der Waals surface area (Å²) in [6.45, 7) is 4.37. The van der Waals surface area contributed by atoms with Crippen LogP contribution in [0.25, 0.3) is 0 Å². The van der Waals surface area contributed by atoms with Gasteiger partial charge in [-0.15, -0.1) is 0 Å². The lowest BCUT2D eigenvalue weighted by molar-refractivity contribution is 0.200. The zero-order valence-corrected chi connectivity index (χ0v) is 15.6. The highest BCUT2D eigenvalue weighted by molar-refractivity contribution is 5.88. The Balaban J connectivity index is 1.53. The van der Waals surface area contributed by atoms with Gasteiger partial charge in [0, 0.05) is 38.1 Å². The molecule has 26 heavy (non-hydrogen) atoms. The van der Waals surface area contributed by atoms with Crippen molar-refractivity contribution in [2.24, 2.45) is 0 Å². The number of anilines is 1. The first-order chi connectivity index (χ1) is 12.6. The standard InChI is InChI=1S/C20H27N5O/c1-16-8-11-22-19(14-16)23-20(26)25-12-5-7-18(9-13-25)24(2)15-17-6-3-4-10-21-17/h3-4,6,8,10-11,14,18H,5,7,9,12-13,15H2,1-2H3,(H,22,23,26)/t18-/m1/s1. The monoisotopic (exact) mass is 353 g/mol. The third kappa shape index (κ3) is 5.02. The molecule has 0 bridgehead atoms. The highest BCUT2D eigenvalue weighted by Crippen LogP contribution is 2.18. The van der Waals surface area contributed by atoms with Gasteiger partial charge in [-0.3, -0.25) is 15.2 Å². The number of aromatic nitrogens is 2. The van der Waals surface area contributed by atoms with Gasteiger partial charge in [-0.25, -0.2) is 9.78 Å². The Morgan fingerprint density at radius 3 is 2.88 bits per heavy atom. The Morgan fingerprint density at radius 2 is 2.12 bits per heavy atom. The van der Waals surface area contributed by atoms with Gasteiger partial charge >= 0.3 is 6.03 Å². The minimum atomic E-state index is -0.0591. The highest BCUT2D eigenvalue weighted by Gasteiger charge is 2.23. The quantitative estimate of drug-likeness (QED) is 0.916. The van der Waals surface area contributed by atoms with Gasteiger partial charge in [0.2, 0.25) is 0 Å². The molecule has 0 radical (unpaired) electrons. The van der Waals surface area contributed by atoms with E-state index in [1.165, 1.54) is 0 Å². The summed E-state index contributed by atoms with van der Waals surface area (Å²) in [5.41, 5.74) is 2.17. The number of nitrogens with one attached hydrogen (secondary N) is 1. The highest BCUT2D eigenvalue weighted by atomic mass is 16.2. The molecule has 6 nitrogen and oxygen atoms in total. The van der Waals surface area contributed by atoms with Gasteiger partial charge in [0.1, 0.15) is 5.82 Å². The number of pyridine rings is 2. The zero-order chi connectivity index (χ0) is 18.4. The molecule has 1 atom stereocenters. The van der Waals surface area contributed by atoms with Crippen LogP contribution < -0.4 is 5.32 Å². The van der Waals surface area contributed by atoms with Crippen molar-refractivity contribution < 1.29 is 4.79 Å². The molecule has 1 aliphatic heterocycles. The number of nitrogens with zero attached hydrogens (tertiary/aromatic N) is 4. The van der Waals surface area contributed by atoms with Crippen molar-refractivity contribution in [2.45, 2.75) is 38.8 Å². The molecule has 0 aliphatic carbocycles. The van der Waals surface area contributed by atoms with Crippen LogP contribution in [0.4, 0.5) is 10.6 Å². The van der Waals surface area contributed by atoms with Crippen LogP contribution in [-0.2, 0) is 6.54 Å². The van der Waals surface area contributed by atoms with E-state index in [2.05, 4.69) is 33.3 Å². The van der Waals surface area contributed by atoms with Gasteiger partial charge in [0.05, 0.1) is 5.69 Å². The van der Waals surface area contributed by atoms with E-state index < -0.39 is 0 Å². The maximum Gasteiger partial charge on any atom is 0.323 e. The Morgan fingerprint density at radius 1 is 1.23 bits per heavy atom. The Kier molecular flexibility index (Phi) is 6.17. The van der Waals surface area contributed by atoms with E-state index in [4.69, 9.17) is 0 Å². The fourth-order valence-corrected chi connectivity index (χ4v) is 3.39. The van der Waals surface area contributed by atoms with Crippen molar-refractivity contribution in [3.8, 4) is 0 Å². The van der Waals surface area contributed by atoms with E-state index in [1.807, 2.05) is 42.3 Å². The summed E-state index contributed by atoms with van der Waals surface area (Å²) in [7, 11) is 2.14. The molecule has 2 aromatic rings. The fraction of sp³-hybridized carbons (Fsp3) is 0.450. The van der Waals surface area contributed by atoms with E-state index in [1.54, 1.807) is 6.20 Å². The van der Waals surface area contributed by atoms with E-state index in [-0.39, 0.29) is 6.03 Å². The van der Waals surface area contributed by atoms with Crippen LogP contribution in [0.3, 0.4) is 0 Å². The molecule has 138 valence electrons. The second kappa shape index (κ2) is 8.76. The summed E-state index contributed by atoms with van der Waals surface area (Å²) in [5.74, 6) is 0.614. The maximum absolute atomic E-state index is 12.6. The van der Waals surface area contributed by atoms with Gasteiger partial charge in [-0.2, -0.15) is 0 Å². The van der Waals surface area contributed by atoms with Crippen LogP contribution in [0, 0.1) is 6.92 Å². The minimum Gasteiger partial charge on any atom is -0.324 e. The third-order valence-corrected chi connectivity index (χ3v) is 4.90. The van der Waals surface area contributed by atoms with Crippen molar-refractivity contribution in [3.05, 3.63) is 54.0 Å². The molecule has 3 heterocycles. The predicted molar refractivity (Wildman–Crippen MR) is 103 cm³/mol. The molecule has 2 amide bonds. The number of carbonyl (C=O) groups is 1. The molecule has 1 aliphatic rings. The first-order valence-electron chi connectivity index (χ1n) is 9.20. The molecule has 0 unspecified atom stereocenters. The summed E-state index contributed by atoms with van der Waals surface area (Å²) >= 11 is 0. The summed E-state index contributed by atoms with van der Waals surface area (Å²) < 4.78 is 0. The van der Waals surface area contributed by atoms with Crippen LogP contribution in [0.1, 0.15) is 30.5 Å². The smallest absolute Gasteiger partial charge is 0.323 e. The minimum absolute atomic E-state index is 0.0591. The lowest BCUT2D eigenvalue weighted by Gasteiger charge is -2.27. The van der Waals surface area contributed by atoms with E-state index >= 15 is 0 Å². The molecular formula is C20H27N5O. The molecule has 0 saturated carbocycles. The SMILES string of the molecule is Cc1ccnc(NC(=O)N2CCC[C@@H](N(C)Cc3ccccn3)CC2)c1. The molecule has 1 saturated heterocycles. The van der Waals surface area contributed by atoms with Crippen LogP contribution in [0.15, 0.2) is 42.7 Å². The average Bonchev–Trinajstić information content (AvgIpc) is 2.89. The number of rotatable bonds is 4. The lowest BCUT2D eigenvalue weighted by Crippen LogP contribution is -2.37. The van der Waals surface area contributed by atoms with E-state index in [0.29, 0.717) is 11.9 Å². The van der Waals surface area contributed by atoms with E-state index in [9.17, 15) is 4.79 Å². The third-order valence-electron chi connectivity index (χ3n) is 4.90. The van der Waals surface area contributed by atoms with Crippen LogP contribution in [-0.4, -0.2) is 52.0 Å². The van der Waals surface area contributed by atoms with Crippen molar-refractivity contribution >= 4 is 11.8 Å². The number of hydrogen-bond donors (Lipinski definition) is 1. The number of likely N-dealkylation sites (tertiary alicyclic amines) is 1. The Hall–Kier alpha value is -2.47. The first-order valence-corrected chi connectivity index (χ1v) is 9.20. The Labute approximate surface area is 155 Å². The molecule has 2 aromatic heterocycles. The van der Waals surface area contributed by atoms with Gasteiger partial charge in [0.15, 0.2) is 0 Å². The summed E-state index contributed by atoms with van der Waals surface area (Å²) in [5, 5.41) is 2.92. The number of carbonyl (C=O) groups excluding carboxylic acids is 1. The first kappa shape index (κ1) is 18.3. The number of aryl methyl sites for hydroxylation is 1. The normalized spacial score (nSPS) is 17.8. The number of urea groups is 1. The molecule has 3 rings (SSSR count). The lowest BCUT2D eigenvalue weighted by atomic mass is 10.1. The molecular weight excluding hydrogens is 326 g/mol. The van der Waals surface area contributed by atoms with Crippen molar-refractivity contribution in [1.29, 1.82) is 0 Å². The fourth-order valence-electron chi connectivity index (χ4n) is 3.39. The van der Waals surface area contributed by atoms with Crippen LogP contribution >= 0.6 is 0 Å². The van der Waals surface area contributed by atoms with Crippen molar-refractivity contribution in [3.63, 3.8) is 0 Å². The number of amides is 2.